The number of nitrogens with one attached hydrogen (secondary N) is 1. The van der Waals surface area contributed by atoms with E-state index in [9.17, 15) is 4.79 Å². The third-order valence-corrected chi connectivity index (χ3v) is 6.40. The van der Waals surface area contributed by atoms with E-state index in [1.54, 1.807) is 0 Å². The zero-order chi connectivity index (χ0) is 21.5. The van der Waals surface area contributed by atoms with Crippen molar-refractivity contribution in [2.24, 2.45) is 0 Å². The topological polar surface area (TPSA) is 52.9 Å². The standard InChI is InChI=1S/C24H24BrN5O/c1-16-5-6-17(2)19(14-16)27-24(31)29-12-10-28(11-13-29)23-22-4-3-9-30(22)21-8-7-18(25)15-20(21)26-23/h3-9,14-15H,10-13H2,1-2H3,(H,27,31). The van der Waals surface area contributed by atoms with Crippen LogP contribution in [0.1, 0.15) is 11.1 Å². The van der Waals surface area contributed by atoms with Gasteiger partial charge in [-0.25, -0.2) is 9.78 Å². The van der Waals surface area contributed by atoms with Crippen molar-refractivity contribution in [1.29, 1.82) is 0 Å². The second-order valence-electron chi connectivity index (χ2n) is 8.05. The van der Waals surface area contributed by atoms with Crippen LogP contribution in [-0.2, 0) is 0 Å². The Bertz CT molecular complexity index is 1290. The molecule has 0 radical (unpaired) electrons. The molecule has 1 aliphatic heterocycles. The molecule has 31 heavy (non-hydrogen) atoms. The van der Waals surface area contributed by atoms with Crippen LogP contribution in [0, 0.1) is 13.8 Å². The first-order valence-corrected chi connectivity index (χ1v) is 11.2. The number of carbonyl (C=O) groups excluding carboxylic acids is 1. The Morgan fingerprint density at radius 1 is 1.00 bits per heavy atom. The van der Waals surface area contributed by atoms with Gasteiger partial charge < -0.3 is 19.5 Å². The van der Waals surface area contributed by atoms with Crippen LogP contribution in [0.3, 0.4) is 0 Å². The molecule has 2 aromatic heterocycles. The van der Waals surface area contributed by atoms with E-state index in [2.05, 4.69) is 61.0 Å². The molecule has 3 heterocycles. The summed E-state index contributed by atoms with van der Waals surface area (Å²) in [5.74, 6) is 0.963. The van der Waals surface area contributed by atoms with Gasteiger partial charge in [-0.05, 0) is 61.4 Å². The molecule has 1 aliphatic rings. The maximum Gasteiger partial charge on any atom is 0.321 e. The molecule has 1 N–H and O–H groups in total. The van der Waals surface area contributed by atoms with Gasteiger partial charge in [-0.2, -0.15) is 0 Å². The van der Waals surface area contributed by atoms with E-state index in [-0.39, 0.29) is 6.03 Å². The van der Waals surface area contributed by atoms with Gasteiger partial charge in [0.2, 0.25) is 0 Å². The number of hydrogen-bond acceptors (Lipinski definition) is 3. The van der Waals surface area contributed by atoms with E-state index in [0.717, 1.165) is 56.7 Å². The molecule has 1 fully saturated rings. The average molecular weight is 478 g/mol. The van der Waals surface area contributed by atoms with Crippen LogP contribution >= 0.6 is 15.9 Å². The van der Waals surface area contributed by atoms with Crippen molar-refractivity contribution in [3.05, 3.63) is 70.3 Å². The number of aromatic nitrogens is 2. The van der Waals surface area contributed by atoms with E-state index in [1.807, 2.05) is 43.0 Å². The summed E-state index contributed by atoms with van der Waals surface area (Å²) in [6.45, 7) is 6.84. The maximum absolute atomic E-state index is 12.8. The SMILES string of the molecule is Cc1ccc(C)c(NC(=O)N2CCN(c3nc4cc(Br)ccc4n4cccc34)CC2)c1. The summed E-state index contributed by atoms with van der Waals surface area (Å²) in [7, 11) is 0. The van der Waals surface area contributed by atoms with Gasteiger partial charge in [0.25, 0.3) is 0 Å². The van der Waals surface area contributed by atoms with Crippen molar-refractivity contribution in [3.8, 4) is 0 Å². The smallest absolute Gasteiger partial charge is 0.321 e. The zero-order valence-corrected chi connectivity index (χ0v) is 19.2. The third-order valence-electron chi connectivity index (χ3n) is 5.90. The van der Waals surface area contributed by atoms with Gasteiger partial charge in [-0.3, -0.25) is 0 Å². The van der Waals surface area contributed by atoms with Gasteiger partial charge >= 0.3 is 6.03 Å². The highest BCUT2D eigenvalue weighted by molar-refractivity contribution is 9.10. The zero-order valence-electron chi connectivity index (χ0n) is 17.6. The number of anilines is 2. The molecule has 0 atom stereocenters. The van der Waals surface area contributed by atoms with Crippen molar-refractivity contribution < 1.29 is 4.79 Å². The summed E-state index contributed by atoms with van der Waals surface area (Å²) >= 11 is 3.55. The number of halogens is 1. The fraction of sp³-hybridized carbons (Fsp3) is 0.250. The molecule has 2 amide bonds. The fourth-order valence-electron chi connectivity index (χ4n) is 4.15. The Kier molecular flexibility index (Phi) is 5.06. The minimum Gasteiger partial charge on any atom is -0.351 e. The Labute approximate surface area is 189 Å². The number of nitrogens with zero attached hydrogens (tertiary/aromatic N) is 4. The Morgan fingerprint density at radius 3 is 2.61 bits per heavy atom. The lowest BCUT2D eigenvalue weighted by atomic mass is 10.1. The van der Waals surface area contributed by atoms with Crippen molar-refractivity contribution in [3.63, 3.8) is 0 Å². The predicted octanol–water partition coefficient (Wildman–Crippen LogP) is 5.22. The second kappa shape index (κ2) is 7.89. The molecule has 2 aromatic carbocycles. The van der Waals surface area contributed by atoms with Crippen molar-refractivity contribution in [1.82, 2.24) is 14.3 Å². The summed E-state index contributed by atoms with van der Waals surface area (Å²) < 4.78 is 3.20. The molecular weight excluding hydrogens is 454 g/mol. The van der Waals surface area contributed by atoms with E-state index < -0.39 is 0 Å². The van der Waals surface area contributed by atoms with Gasteiger partial charge in [0.05, 0.1) is 16.6 Å². The highest BCUT2D eigenvalue weighted by Gasteiger charge is 2.24. The number of aryl methyl sites for hydroxylation is 2. The molecule has 5 rings (SSSR count). The van der Waals surface area contributed by atoms with Crippen LogP contribution in [0.4, 0.5) is 16.3 Å². The van der Waals surface area contributed by atoms with E-state index in [1.165, 1.54) is 0 Å². The number of hydrogen-bond donors (Lipinski definition) is 1. The Hall–Kier alpha value is -3.06. The van der Waals surface area contributed by atoms with Crippen LogP contribution in [0.2, 0.25) is 0 Å². The molecule has 0 aliphatic carbocycles. The van der Waals surface area contributed by atoms with Gasteiger partial charge in [0.15, 0.2) is 5.82 Å². The lowest BCUT2D eigenvalue weighted by Gasteiger charge is -2.35. The first kappa shape index (κ1) is 19.9. The number of urea groups is 1. The number of benzene rings is 2. The molecule has 0 saturated carbocycles. The number of piperazine rings is 1. The first-order valence-electron chi connectivity index (χ1n) is 10.4. The van der Waals surface area contributed by atoms with Crippen LogP contribution in [0.25, 0.3) is 16.6 Å². The largest absolute Gasteiger partial charge is 0.351 e. The van der Waals surface area contributed by atoms with Gasteiger partial charge in [0.1, 0.15) is 0 Å². The van der Waals surface area contributed by atoms with Gasteiger partial charge in [-0.15, -0.1) is 0 Å². The molecule has 0 bridgehead atoms. The number of rotatable bonds is 2. The van der Waals surface area contributed by atoms with Crippen molar-refractivity contribution in [2.75, 3.05) is 36.4 Å². The minimum atomic E-state index is -0.0448. The molecule has 6 nitrogen and oxygen atoms in total. The highest BCUT2D eigenvalue weighted by Crippen LogP contribution is 2.28. The molecule has 0 spiro atoms. The summed E-state index contributed by atoms with van der Waals surface area (Å²) in [6.07, 6.45) is 2.07. The molecule has 7 heteroatoms. The molecule has 158 valence electrons. The van der Waals surface area contributed by atoms with Crippen LogP contribution in [-0.4, -0.2) is 46.5 Å². The lowest BCUT2D eigenvalue weighted by Crippen LogP contribution is -2.50. The lowest BCUT2D eigenvalue weighted by molar-refractivity contribution is 0.208. The molecule has 1 saturated heterocycles. The average Bonchev–Trinajstić information content (AvgIpc) is 3.25. The summed E-state index contributed by atoms with van der Waals surface area (Å²) in [5, 5.41) is 3.07. The second-order valence-corrected chi connectivity index (χ2v) is 8.97. The van der Waals surface area contributed by atoms with Crippen molar-refractivity contribution in [2.45, 2.75) is 13.8 Å². The normalized spacial score (nSPS) is 14.4. The molecular formula is C24H24BrN5O. The number of fused-ring (bicyclic) bond motifs is 3. The first-order chi connectivity index (χ1) is 15.0. The number of amides is 2. The van der Waals surface area contributed by atoms with Gasteiger partial charge in [-0.1, -0.05) is 28.1 Å². The number of carbonyl (C=O) groups is 1. The van der Waals surface area contributed by atoms with Crippen molar-refractivity contribution >= 4 is 50.0 Å². The molecule has 0 unspecified atom stereocenters. The van der Waals surface area contributed by atoms with E-state index >= 15 is 0 Å². The predicted molar refractivity (Wildman–Crippen MR) is 129 cm³/mol. The maximum atomic E-state index is 12.8. The van der Waals surface area contributed by atoms with E-state index in [0.29, 0.717) is 13.1 Å². The van der Waals surface area contributed by atoms with E-state index in [4.69, 9.17) is 4.98 Å². The van der Waals surface area contributed by atoms with Gasteiger partial charge in [0, 0.05) is 42.5 Å². The van der Waals surface area contributed by atoms with Crippen LogP contribution in [0.5, 0.6) is 0 Å². The van der Waals surface area contributed by atoms with Crippen LogP contribution < -0.4 is 10.2 Å². The summed E-state index contributed by atoms with van der Waals surface area (Å²) in [4.78, 5) is 22.0. The summed E-state index contributed by atoms with van der Waals surface area (Å²) in [6, 6.07) is 16.4. The highest BCUT2D eigenvalue weighted by atomic mass is 79.9. The minimum absolute atomic E-state index is 0.0448. The van der Waals surface area contributed by atoms with Crippen LogP contribution in [0.15, 0.2) is 59.2 Å². The molecule has 4 aromatic rings. The monoisotopic (exact) mass is 477 g/mol. The Balaban J connectivity index is 1.35. The Morgan fingerprint density at radius 2 is 1.81 bits per heavy atom. The quantitative estimate of drug-likeness (QED) is 0.430. The summed E-state index contributed by atoms with van der Waals surface area (Å²) in [5.41, 5.74) is 6.20. The third kappa shape index (κ3) is 3.74. The fourth-order valence-corrected chi connectivity index (χ4v) is 4.50.